The topological polar surface area (TPSA) is 56.0 Å². The first-order valence-corrected chi connectivity index (χ1v) is 6.02. The van der Waals surface area contributed by atoms with Gasteiger partial charge in [0.15, 0.2) is 0 Å². The van der Waals surface area contributed by atoms with Gasteiger partial charge in [-0.25, -0.2) is 0 Å². The first-order valence-electron chi connectivity index (χ1n) is 6.02. The molecule has 0 unspecified atom stereocenters. The summed E-state index contributed by atoms with van der Waals surface area (Å²) in [6.07, 6.45) is 0. The molecule has 2 rings (SSSR count). The van der Waals surface area contributed by atoms with E-state index in [9.17, 15) is 5.11 Å². The average Bonchev–Trinajstić information content (AvgIpc) is 2.36. The third-order valence-corrected chi connectivity index (χ3v) is 3.88. The van der Waals surface area contributed by atoms with Crippen LogP contribution in [0.15, 0.2) is 24.3 Å². The maximum absolute atomic E-state index is 10.9. The Balaban J connectivity index is 2.38. The molecule has 0 amide bonds. The molecule has 1 fully saturated rings. The molecule has 1 aromatic carbocycles. The van der Waals surface area contributed by atoms with E-state index in [2.05, 4.69) is 25.2 Å². The minimum absolute atomic E-state index is 0.166. The van der Waals surface area contributed by atoms with Gasteiger partial charge in [0, 0.05) is 24.9 Å². The zero-order chi connectivity index (χ0) is 12.5. The van der Waals surface area contributed by atoms with Crippen LogP contribution >= 0.6 is 0 Å². The Hall–Kier alpha value is -1.37. The van der Waals surface area contributed by atoms with E-state index in [1.54, 1.807) is 12.1 Å². The predicted octanol–water partition coefficient (Wildman–Crippen LogP) is 1.62. The number of nitrogens with one attached hydrogen (secondary N) is 1. The molecule has 1 aliphatic rings. The molecule has 1 heterocycles. The van der Waals surface area contributed by atoms with Crippen LogP contribution in [0.25, 0.3) is 0 Å². The van der Waals surface area contributed by atoms with Crippen molar-refractivity contribution in [1.82, 2.24) is 5.32 Å². The number of aliphatic hydroxyl groups is 1. The van der Waals surface area contributed by atoms with Gasteiger partial charge in [-0.2, -0.15) is 5.26 Å². The van der Waals surface area contributed by atoms with E-state index in [0.29, 0.717) is 5.56 Å². The summed E-state index contributed by atoms with van der Waals surface area (Å²) < 4.78 is 0. The number of hydrogen-bond donors (Lipinski definition) is 2. The fraction of sp³-hybridized carbons (Fsp3) is 0.500. The molecule has 1 saturated heterocycles. The summed E-state index contributed by atoms with van der Waals surface area (Å²) in [4.78, 5) is 0. The lowest BCUT2D eigenvalue weighted by molar-refractivity contribution is -0.0806. The van der Waals surface area contributed by atoms with Crippen molar-refractivity contribution in [1.29, 1.82) is 5.26 Å². The number of hydrogen-bond acceptors (Lipinski definition) is 3. The van der Waals surface area contributed by atoms with Crippen LogP contribution in [0.5, 0.6) is 0 Å². The molecular weight excluding hydrogens is 212 g/mol. The molecule has 0 bridgehead atoms. The lowest BCUT2D eigenvalue weighted by atomic mass is 9.71. The Morgan fingerprint density at radius 2 is 1.76 bits per heavy atom. The quantitative estimate of drug-likeness (QED) is 0.771. The van der Waals surface area contributed by atoms with Crippen LogP contribution in [0.4, 0.5) is 0 Å². The molecule has 1 aliphatic heterocycles. The first-order chi connectivity index (χ1) is 8.09. The van der Waals surface area contributed by atoms with Gasteiger partial charge in [0.1, 0.15) is 0 Å². The van der Waals surface area contributed by atoms with Crippen LogP contribution in [-0.4, -0.2) is 18.2 Å². The normalized spacial score (nSPS) is 33.1. The zero-order valence-corrected chi connectivity index (χ0v) is 10.3. The third-order valence-electron chi connectivity index (χ3n) is 3.88. The molecule has 3 heteroatoms. The third kappa shape index (κ3) is 1.95. The molecule has 17 heavy (non-hydrogen) atoms. The van der Waals surface area contributed by atoms with Gasteiger partial charge in [-0.3, -0.25) is 0 Å². The molecule has 3 atom stereocenters. The Bertz CT molecular complexity index is 423. The van der Waals surface area contributed by atoms with Gasteiger partial charge in [0.25, 0.3) is 0 Å². The Morgan fingerprint density at radius 3 is 2.24 bits per heavy atom. The van der Waals surface area contributed by atoms with Crippen molar-refractivity contribution in [3.8, 4) is 6.07 Å². The number of rotatable bonds is 1. The number of benzene rings is 1. The Labute approximate surface area is 102 Å². The van der Waals surface area contributed by atoms with Crippen LogP contribution < -0.4 is 5.32 Å². The number of piperidine rings is 1. The standard InChI is InChI=1S/C14H18N2O/c1-10-8-16-9-11(2)14(10,17)13-5-3-12(7-15)4-6-13/h3-6,10-11,16-17H,8-9H2,1-2H3/t10-,11+,14-. The fourth-order valence-electron chi connectivity index (χ4n) is 2.69. The second-order valence-corrected chi connectivity index (χ2v) is 4.97. The summed E-state index contributed by atoms with van der Waals surface area (Å²) in [5, 5.41) is 23.0. The van der Waals surface area contributed by atoms with Gasteiger partial charge in [0.05, 0.1) is 17.2 Å². The fourth-order valence-corrected chi connectivity index (χ4v) is 2.69. The van der Waals surface area contributed by atoms with Crippen LogP contribution in [-0.2, 0) is 5.60 Å². The zero-order valence-electron chi connectivity index (χ0n) is 10.3. The largest absolute Gasteiger partial charge is 0.385 e. The highest BCUT2D eigenvalue weighted by atomic mass is 16.3. The number of nitrogens with zero attached hydrogens (tertiary/aromatic N) is 1. The van der Waals surface area contributed by atoms with E-state index in [0.717, 1.165) is 18.7 Å². The van der Waals surface area contributed by atoms with Crippen LogP contribution in [0, 0.1) is 23.2 Å². The summed E-state index contributed by atoms with van der Waals surface area (Å²) in [6, 6.07) is 9.39. The van der Waals surface area contributed by atoms with Crippen molar-refractivity contribution in [3.63, 3.8) is 0 Å². The maximum atomic E-state index is 10.9. The molecule has 0 saturated carbocycles. The summed E-state index contributed by atoms with van der Waals surface area (Å²) in [5.41, 5.74) is 0.753. The monoisotopic (exact) mass is 230 g/mol. The second kappa shape index (κ2) is 4.48. The highest BCUT2D eigenvalue weighted by molar-refractivity contribution is 5.35. The molecule has 0 aromatic heterocycles. The SMILES string of the molecule is C[C@@H]1CNC[C@H](C)[C@@]1(O)c1ccc(C#N)cc1. The summed E-state index contributed by atoms with van der Waals surface area (Å²) in [7, 11) is 0. The van der Waals surface area contributed by atoms with Gasteiger partial charge >= 0.3 is 0 Å². The van der Waals surface area contributed by atoms with E-state index in [1.807, 2.05) is 12.1 Å². The van der Waals surface area contributed by atoms with E-state index >= 15 is 0 Å². The molecule has 0 aliphatic carbocycles. The smallest absolute Gasteiger partial charge is 0.0991 e. The van der Waals surface area contributed by atoms with E-state index < -0.39 is 5.60 Å². The molecule has 3 nitrogen and oxygen atoms in total. The highest BCUT2D eigenvalue weighted by Gasteiger charge is 2.43. The van der Waals surface area contributed by atoms with Gasteiger partial charge < -0.3 is 10.4 Å². The predicted molar refractivity (Wildman–Crippen MR) is 66.3 cm³/mol. The van der Waals surface area contributed by atoms with Crippen molar-refractivity contribution in [3.05, 3.63) is 35.4 Å². The summed E-state index contributed by atoms with van der Waals surface area (Å²) in [6.45, 7) is 5.75. The van der Waals surface area contributed by atoms with E-state index in [4.69, 9.17) is 5.26 Å². The molecular formula is C14H18N2O. The van der Waals surface area contributed by atoms with Crippen molar-refractivity contribution in [2.24, 2.45) is 11.8 Å². The minimum atomic E-state index is -0.792. The second-order valence-electron chi connectivity index (χ2n) is 4.97. The van der Waals surface area contributed by atoms with Crippen molar-refractivity contribution >= 4 is 0 Å². The molecule has 0 radical (unpaired) electrons. The van der Waals surface area contributed by atoms with Crippen molar-refractivity contribution < 1.29 is 5.11 Å². The number of nitriles is 1. The summed E-state index contributed by atoms with van der Waals surface area (Å²) in [5.74, 6) is 0.332. The van der Waals surface area contributed by atoms with Crippen molar-refractivity contribution in [2.45, 2.75) is 19.4 Å². The van der Waals surface area contributed by atoms with Crippen LogP contribution in [0.1, 0.15) is 25.0 Å². The van der Waals surface area contributed by atoms with Gasteiger partial charge in [0.2, 0.25) is 0 Å². The molecule has 1 aromatic rings. The van der Waals surface area contributed by atoms with Crippen LogP contribution in [0.2, 0.25) is 0 Å². The average molecular weight is 230 g/mol. The lowest BCUT2D eigenvalue weighted by Crippen LogP contribution is -2.52. The van der Waals surface area contributed by atoms with Gasteiger partial charge in [-0.05, 0) is 17.7 Å². The lowest BCUT2D eigenvalue weighted by Gasteiger charge is -2.44. The van der Waals surface area contributed by atoms with Gasteiger partial charge in [-0.1, -0.05) is 26.0 Å². The molecule has 0 spiro atoms. The first kappa shape index (κ1) is 12.1. The maximum Gasteiger partial charge on any atom is 0.0991 e. The van der Waals surface area contributed by atoms with E-state index in [1.165, 1.54) is 0 Å². The molecule has 2 N–H and O–H groups in total. The Morgan fingerprint density at radius 1 is 1.24 bits per heavy atom. The van der Waals surface area contributed by atoms with Gasteiger partial charge in [-0.15, -0.1) is 0 Å². The van der Waals surface area contributed by atoms with E-state index in [-0.39, 0.29) is 11.8 Å². The van der Waals surface area contributed by atoms with Crippen molar-refractivity contribution in [2.75, 3.05) is 13.1 Å². The molecule has 90 valence electrons. The Kier molecular flexibility index (Phi) is 3.19. The van der Waals surface area contributed by atoms with Crippen LogP contribution in [0.3, 0.4) is 0 Å². The minimum Gasteiger partial charge on any atom is -0.385 e. The summed E-state index contributed by atoms with van der Waals surface area (Å²) >= 11 is 0. The highest BCUT2D eigenvalue weighted by Crippen LogP contribution is 2.38.